The first-order valence-corrected chi connectivity index (χ1v) is 10.2. The first kappa shape index (κ1) is 18.8. The van der Waals surface area contributed by atoms with Crippen LogP contribution in [0.4, 0.5) is 5.69 Å². The van der Waals surface area contributed by atoms with E-state index in [1.807, 2.05) is 0 Å². The van der Waals surface area contributed by atoms with Crippen molar-refractivity contribution in [2.45, 2.75) is 50.6 Å². The van der Waals surface area contributed by atoms with Gasteiger partial charge in [0.2, 0.25) is 17.7 Å². The lowest BCUT2D eigenvalue weighted by atomic mass is 9.50. The predicted octanol–water partition coefficient (Wildman–Crippen LogP) is 0.544. The second-order valence-corrected chi connectivity index (χ2v) is 8.93. The van der Waals surface area contributed by atoms with Gasteiger partial charge in [-0.25, -0.2) is 0 Å². The topological polar surface area (TPSA) is 139 Å². The molecule has 1 aromatic carbocycles. The number of nitrogens with one attached hydrogen (secondary N) is 2. The Kier molecular flexibility index (Phi) is 4.00. The van der Waals surface area contributed by atoms with Crippen LogP contribution in [0.1, 0.15) is 59.2 Å². The number of rotatable bonds is 4. The molecular formula is C21H22N4O5. The molecule has 2 aliphatic carbocycles. The number of nitrogens with two attached hydrogens (primary N) is 1. The lowest BCUT2D eigenvalue weighted by molar-refractivity contribution is -0.136. The Morgan fingerprint density at radius 3 is 2.50 bits per heavy atom. The van der Waals surface area contributed by atoms with E-state index in [2.05, 4.69) is 10.6 Å². The van der Waals surface area contributed by atoms with Gasteiger partial charge < -0.3 is 11.1 Å². The third-order valence-electron chi connectivity index (χ3n) is 6.95. The molecule has 30 heavy (non-hydrogen) atoms. The van der Waals surface area contributed by atoms with Gasteiger partial charge in [0.25, 0.3) is 11.8 Å². The Labute approximate surface area is 172 Å². The number of primary amides is 1. The van der Waals surface area contributed by atoms with E-state index in [0.29, 0.717) is 5.69 Å². The number of fused-ring (bicyclic) bond motifs is 1. The second kappa shape index (κ2) is 6.38. The SMILES string of the molecule is NC(=O)C1CC2(CC(Nc3cccc4c3C(=O)N(C3CCC(=O)NC3=O)C4=O)C2)C1. The minimum absolute atomic E-state index is 0.0341. The predicted molar refractivity (Wildman–Crippen MR) is 104 cm³/mol. The molecular weight excluding hydrogens is 388 g/mol. The third-order valence-corrected chi connectivity index (χ3v) is 6.95. The summed E-state index contributed by atoms with van der Waals surface area (Å²) < 4.78 is 0. The number of anilines is 1. The van der Waals surface area contributed by atoms with E-state index in [1.165, 1.54) is 0 Å². The number of amides is 5. The van der Waals surface area contributed by atoms with Crippen molar-refractivity contribution in [3.63, 3.8) is 0 Å². The molecule has 9 nitrogen and oxygen atoms in total. The van der Waals surface area contributed by atoms with E-state index in [4.69, 9.17) is 5.73 Å². The molecule has 2 aliphatic heterocycles. The van der Waals surface area contributed by atoms with Crippen molar-refractivity contribution in [1.82, 2.24) is 10.2 Å². The van der Waals surface area contributed by atoms with Gasteiger partial charge in [0.15, 0.2) is 0 Å². The second-order valence-electron chi connectivity index (χ2n) is 8.93. The molecule has 156 valence electrons. The largest absolute Gasteiger partial charge is 0.382 e. The molecule has 1 atom stereocenters. The summed E-state index contributed by atoms with van der Waals surface area (Å²) in [6.45, 7) is 0. The first-order chi connectivity index (χ1) is 14.3. The lowest BCUT2D eigenvalue weighted by Gasteiger charge is -2.57. The number of piperidine rings is 1. The van der Waals surface area contributed by atoms with Crippen LogP contribution in [0.3, 0.4) is 0 Å². The van der Waals surface area contributed by atoms with Gasteiger partial charge in [-0.3, -0.25) is 34.2 Å². The highest BCUT2D eigenvalue weighted by Crippen LogP contribution is 2.59. The quantitative estimate of drug-likeness (QED) is 0.620. The molecule has 2 saturated carbocycles. The smallest absolute Gasteiger partial charge is 0.264 e. The minimum atomic E-state index is -0.976. The van der Waals surface area contributed by atoms with Gasteiger partial charge >= 0.3 is 0 Å². The van der Waals surface area contributed by atoms with Crippen molar-refractivity contribution in [1.29, 1.82) is 0 Å². The maximum Gasteiger partial charge on any atom is 0.264 e. The number of carbonyl (C=O) groups excluding carboxylic acids is 5. The van der Waals surface area contributed by atoms with Crippen LogP contribution in [0.5, 0.6) is 0 Å². The average Bonchev–Trinajstić information content (AvgIpc) is 2.88. The Balaban J connectivity index is 1.32. The molecule has 3 fully saturated rings. The maximum atomic E-state index is 13.1. The molecule has 1 saturated heterocycles. The van der Waals surface area contributed by atoms with Crippen molar-refractivity contribution < 1.29 is 24.0 Å². The number of benzene rings is 1. The molecule has 9 heteroatoms. The average molecular weight is 410 g/mol. The molecule has 5 amide bonds. The number of carbonyl (C=O) groups is 5. The highest BCUT2D eigenvalue weighted by Gasteiger charge is 2.54. The van der Waals surface area contributed by atoms with E-state index in [9.17, 15) is 24.0 Å². The highest BCUT2D eigenvalue weighted by molar-refractivity contribution is 6.25. The van der Waals surface area contributed by atoms with E-state index in [1.54, 1.807) is 18.2 Å². The van der Waals surface area contributed by atoms with Gasteiger partial charge in [-0.1, -0.05) is 6.07 Å². The summed E-state index contributed by atoms with van der Waals surface area (Å²) in [5.74, 6) is -2.32. The first-order valence-electron chi connectivity index (χ1n) is 10.2. The standard InChI is InChI=1S/C21H22N4O5/c22-17(27)10-6-21(7-10)8-11(9-21)23-13-3-1-2-12-16(13)20(30)25(19(12)29)14-4-5-15(26)24-18(14)28/h1-3,10-11,14,23H,4-9H2,(H2,22,27)(H,24,26,28). The summed E-state index contributed by atoms with van der Waals surface area (Å²) in [5.41, 5.74) is 6.64. The minimum Gasteiger partial charge on any atom is -0.382 e. The van der Waals surface area contributed by atoms with Crippen LogP contribution in [-0.4, -0.2) is 46.5 Å². The Morgan fingerprint density at radius 1 is 1.10 bits per heavy atom. The Morgan fingerprint density at radius 2 is 1.83 bits per heavy atom. The van der Waals surface area contributed by atoms with Gasteiger partial charge in [0.05, 0.1) is 11.1 Å². The molecule has 5 rings (SSSR count). The summed E-state index contributed by atoms with van der Waals surface area (Å²) in [4.78, 5) is 61.9. The normalized spacial score (nSPS) is 32.4. The monoisotopic (exact) mass is 410 g/mol. The van der Waals surface area contributed by atoms with E-state index < -0.39 is 29.7 Å². The van der Waals surface area contributed by atoms with Crippen molar-refractivity contribution >= 4 is 35.2 Å². The molecule has 1 aromatic rings. The van der Waals surface area contributed by atoms with Gasteiger partial charge in [0, 0.05) is 24.1 Å². The van der Waals surface area contributed by atoms with Crippen LogP contribution < -0.4 is 16.4 Å². The van der Waals surface area contributed by atoms with Crippen LogP contribution in [0, 0.1) is 11.3 Å². The van der Waals surface area contributed by atoms with Crippen LogP contribution in [0.15, 0.2) is 18.2 Å². The molecule has 2 heterocycles. The van der Waals surface area contributed by atoms with Crippen LogP contribution in [-0.2, 0) is 14.4 Å². The lowest BCUT2D eigenvalue weighted by Crippen LogP contribution is -2.55. The van der Waals surface area contributed by atoms with Gasteiger partial charge in [-0.15, -0.1) is 0 Å². The summed E-state index contributed by atoms with van der Waals surface area (Å²) >= 11 is 0. The van der Waals surface area contributed by atoms with E-state index in [-0.39, 0.29) is 47.3 Å². The van der Waals surface area contributed by atoms with Crippen molar-refractivity contribution in [3.05, 3.63) is 29.3 Å². The Bertz CT molecular complexity index is 1000. The van der Waals surface area contributed by atoms with E-state index >= 15 is 0 Å². The molecule has 0 bridgehead atoms. The fourth-order valence-electron chi connectivity index (χ4n) is 5.46. The van der Waals surface area contributed by atoms with Gasteiger partial charge in [0.1, 0.15) is 6.04 Å². The van der Waals surface area contributed by atoms with E-state index in [0.717, 1.165) is 30.6 Å². The number of nitrogens with zero attached hydrogens (tertiary/aromatic N) is 1. The van der Waals surface area contributed by atoms with Crippen molar-refractivity contribution in [2.75, 3.05) is 5.32 Å². The number of hydrogen-bond donors (Lipinski definition) is 3. The molecule has 4 N–H and O–H groups in total. The van der Waals surface area contributed by atoms with Gasteiger partial charge in [-0.05, 0) is 49.7 Å². The highest BCUT2D eigenvalue weighted by atomic mass is 16.2. The summed E-state index contributed by atoms with van der Waals surface area (Å²) in [6.07, 6.45) is 3.62. The zero-order valence-corrected chi connectivity index (χ0v) is 16.3. The summed E-state index contributed by atoms with van der Waals surface area (Å²) in [5, 5.41) is 5.57. The zero-order valence-electron chi connectivity index (χ0n) is 16.3. The molecule has 1 spiro atoms. The van der Waals surface area contributed by atoms with Crippen LogP contribution in [0.25, 0.3) is 0 Å². The Hall–Kier alpha value is -3.23. The fraction of sp³-hybridized carbons (Fsp3) is 0.476. The zero-order chi connectivity index (χ0) is 21.2. The third kappa shape index (κ3) is 2.72. The van der Waals surface area contributed by atoms with Crippen molar-refractivity contribution in [2.24, 2.45) is 17.1 Å². The number of hydrogen-bond acceptors (Lipinski definition) is 6. The van der Waals surface area contributed by atoms with Crippen molar-refractivity contribution in [3.8, 4) is 0 Å². The van der Waals surface area contributed by atoms with Crippen LogP contribution >= 0.6 is 0 Å². The summed E-state index contributed by atoms with van der Waals surface area (Å²) in [7, 11) is 0. The molecule has 0 radical (unpaired) electrons. The fourth-order valence-corrected chi connectivity index (χ4v) is 5.46. The molecule has 1 unspecified atom stereocenters. The molecule has 0 aromatic heterocycles. The molecule has 4 aliphatic rings. The maximum absolute atomic E-state index is 13.1. The van der Waals surface area contributed by atoms with Gasteiger partial charge in [-0.2, -0.15) is 0 Å². The summed E-state index contributed by atoms with van der Waals surface area (Å²) in [6, 6.07) is 4.23. The number of imide groups is 2. The van der Waals surface area contributed by atoms with Crippen LogP contribution in [0.2, 0.25) is 0 Å².